The first-order valence-corrected chi connectivity index (χ1v) is 20.7. The molecule has 0 aromatic rings. The first-order valence-electron chi connectivity index (χ1n) is 13.8. The number of fused-ring (bicyclic) bond motifs is 5. The van der Waals surface area contributed by atoms with Gasteiger partial charge in [-0.05, 0) is 132 Å². The predicted octanol–water partition coefficient (Wildman–Crippen LogP) is 7.64. The third kappa shape index (κ3) is 4.90. The molecule has 0 aromatic carbocycles. The molecule has 0 spiro atoms. The van der Waals surface area contributed by atoms with Crippen molar-refractivity contribution in [2.24, 2.45) is 39.7 Å². The zero-order chi connectivity index (χ0) is 25.1. The van der Waals surface area contributed by atoms with Crippen molar-refractivity contribution in [3.8, 4) is 0 Å². The largest absolute Gasteiger partial charge is 0.415 e. The van der Waals surface area contributed by atoms with Gasteiger partial charge in [0.25, 0.3) is 0 Å². The molecule has 0 bridgehead atoms. The van der Waals surface area contributed by atoms with Gasteiger partial charge in [-0.25, -0.2) is 0 Å². The van der Waals surface area contributed by atoms with E-state index in [1.54, 1.807) is 12.7 Å². The Morgan fingerprint density at radius 2 is 1.71 bits per heavy atom. The van der Waals surface area contributed by atoms with Gasteiger partial charge in [0.15, 0.2) is 16.6 Å². The smallest absolute Gasteiger partial charge is 0.184 e. The van der Waals surface area contributed by atoms with Crippen molar-refractivity contribution < 1.29 is 13.7 Å². The average Bonchev–Trinajstić information content (AvgIpc) is 3.02. The molecular weight excluding hydrogens is 454 g/mol. The molecule has 0 aliphatic heterocycles. The Morgan fingerprint density at radius 3 is 2.32 bits per heavy atom. The summed E-state index contributed by atoms with van der Waals surface area (Å²) >= 11 is 0. The minimum Gasteiger partial charge on any atom is -0.415 e. The van der Waals surface area contributed by atoms with Crippen LogP contribution in [0.25, 0.3) is 0 Å². The zero-order valence-electron chi connectivity index (χ0n) is 23.7. The topological polar surface area (TPSA) is 40.0 Å². The molecule has 6 heteroatoms. The van der Waals surface area contributed by atoms with Crippen LogP contribution in [0.2, 0.25) is 39.3 Å². The van der Waals surface area contributed by atoms with E-state index in [1.807, 2.05) is 0 Å². The quantitative estimate of drug-likeness (QED) is 0.275. The average molecular weight is 506 g/mol. The molecule has 4 aliphatic carbocycles. The number of nitrogens with zero attached hydrogens (tertiary/aromatic N) is 1. The molecule has 0 aromatic heterocycles. The lowest BCUT2D eigenvalue weighted by atomic mass is 9.46. The molecule has 0 N–H and O–H groups in total. The fourth-order valence-corrected chi connectivity index (χ4v) is 11.3. The highest BCUT2D eigenvalue weighted by Gasteiger charge is 2.63. The van der Waals surface area contributed by atoms with Gasteiger partial charge in [-0.1, -0.05) is 24.6 Å². The summed E-state index contributed by atoms with van der Waals surface area (Å²) in [5.74, 6) is 2.82. The lowest BCUT2D eigenvalue weighted by Gasteiger charge is -2.62. The SMILES string of the molecule is CON=C1C=C2CCC3C([C@@H](O[Si](C)(C)C)C[C@@]4(C)C3CC[C@@H]4[C@H](C)O[Si](C)(C)C)[C@@]2(C)CC1. The maximum atomic E-state index is 7.16. The second-order valence-corrected chi connectivity index (χ2v) is 23.2. The highest BCUT2D eigenvalue weighted by Crippen LogP contribution is 2.67. The number of rotatable bonds is 6. The van der Waals surface area contributed by atoms with Crippen molar-refractivity contribution in [3.05, 3.63) is 11.6 Å². The van der Waals surface area contributed by atoms with Gasteiger partial charge >= 0.3 is 0 Å². The van der Waals surface area contributed by atoms with E-state index in [-0.39, 0.29) is 5.41 Å². The first-order chi connectivity index (χ1) is 15.7. The van der Waals surface area contributed by atoms with E-state index < -0.39 is 16.6 Å². The van der Waals surface area contributed by atoms with Crippen LogP contribution in [0.5, 0.6) is 0 Å². The molecule has 4 rings (SSSR count). The van der Waals surface area contributed by atoms with E-state index in [0.717, 1.165) is 24.0 Å². The summed E-state index contributed by atoms with van der Waals surface area (Å²) in [6.07, 6.45) is 11.7. The number of hydrogen-bond acceptors (Lipinski definition) is 4. The molecule has 34 heavy (non-hydrogen) atoms. The van der Waals surface area contributed by atoms with Gasteiger partial charge in [-0.3, -0.25) is 0 Å². The number of oxime groups is 1. The summed E-state index contributed by atoms with van der Waals surface area (Å²) in [5, 5.41) is 4.32. The molecule has 3 fully saturated rings. The van der Waals surface area contributed by atoms with Crippen LogP contribution in [-0.2, 0) is 13.7 Å². The minimum atomic E-state index is -1.69. The number of hydrogen-bond donors (Lipinski definition) is 0. The van der Waals surface area contributed by atoms with Gasteiger partial charge in [0.2, 0.25) is 0 Å². The standard InChI is InChI=1S/C28H51NO3Si2/c1-19(31-33(5,6)7)23-13-14-24-22-12-11-20-17-21(29-30-4)15-16-27(20,2)26(22)25(18-28(23,24)3)32-34(8,9)10/h17,19,22-26H,11-16,18H2,1-10H3/t19-,22?,23+,24?,25-,26?,27-,28+/m0/s1. The molecule has 3 saturated carbocycles. The van der Waals surface area contributed by atoms with Crippen molar-refractivity contribution in [3.63, 3.8) is 0 Å². The highest BCUT2D eigenvalue weighted by molar-refractivity contribution is 6.70. The second kappa shape index (κ2) is 9.14. The Bertz CT molecular complexity index is 828. The van der Waals surface area contributed by atoms with Gasteiger partial charge in [-0.2, -0.15) is 0 Å². The van der Waals surface area contributed by atoms with Crippen molar-refractivity contribution in [1.29, 1.82) is 0 Å². The molecule has 8 atom stereocenters. The maximum absolute atomic E-state index is 7.16. The Hall–Kier alpha value is -0.436. The van der Waals surface area contributed by atoms with E-state index >= 15 is 0 Å². The normalized spacial score (nSPS) is 42.5. The minimum absolute atomic E-state index is 0.222. The monoisotopic (exact) mass is 505 g/mol. The summed E-state index contributed by atoms with van der Waals surface area (Å²) < 4.78 is 13.9. The molecule has 194 valence electrons. The van der Waals surface area contributed by atoms with E-state index in [0.29, 0.717) is 29.5 Å². The van der Waals surface area contributed by atoms with Crippen LogP contribution in [-0.4, -0.2) is 41.7 Å². The third-order valence-corrected chi connectivity index (χ3v) is 11.9. The second-order valence-electron chi connectivity index (χ2n) is 14.3. The van der Waals surface area contributed by atoms with Gasteiger partial charge in [0.1, 0.15) is 7.11 Å². The summed E-state index contributed by atoms with van der Waals surface area (Å²) in [5.41, 5.74) is 3.27. The summed E-state index contributed by atoms with van der Waals surface area (Å²) in [4.78, 5) is 5.14. The lowest BCUT2D eigenvalue weighted by molar-refractivity contribution is -0.128. The molecular formula is C28H51NO3Si2. The zero-order valence-corrected chi connectivity index (χ0v) is 25.7. The highest BCUT2D eigenvalue weighted by atomic mass is 28.4. The molecule has 0 radical (unpaired) electrons. The lowest BCUT2D eigenvalue weighted by Crippen LogP contribution is -2.59. The van der Waals surface area contributed by atoms with Crippen LogP contribution in [0.1, 0.15) is 65.7 Å². The Labute approximate surface area is 211 Å². The third-order valence-electron chi connectivity index (χ3n) is 9.78. The molecule has 4 aliphatic rings. The van der Waals surface area contributed by atoms with Crippen molar-refractivity contribution in [2.75, 3.05) is 7.11 Å². The molecule has 4 nitrogen and oxygen atoms in total. The van der Waals surface area contributed by atoms with Gasteiger partial charge in [0, 0.05) is 12.2 Å². The fraction of sp³-hybridized carbons (Fsp3) is 0.893. The summed E-state index contributed by atoms with van der Waals surface area (Å²) in [7, 11) is -1.59. The van der Waals surface area contributed by atoms with Gasteiger partial charge < -0.3 is 13.7 Å². The molecule has 3 unspecified atom stereocenters. The number of allylic oxidation sites excluding steroid dienone is 2. The Morgan fingerprint density at radius 1 is 1.00 bits per heavy atom. The van der Waals surface area contributed by atoms with Crippen LogP contribution >= 0.6 is 0 Å². The van der Waals surface area contributed by atoms with Crippen LogP contribution in [0.4, 0.5) is 0 Å². The van der Waals surface area contributed by atoms with E-state index in [2.05, 4.69) is 71.3 Å². The van der Waals surface area contributed by atoms with Crippen molar-refractivity contribution >= 4 is 22.3 Å². The van der Waals surface area contributed by atoms with E-state index in [1.165, 1.54) is 38.5 Å². The van der Waals surface area contributed by atoms with Crippen molar-refractivity contribution in [1.82, 2.24) is 0 Å². The predicted molar refractivity (Wildman–Crippen MR) is 147 cm³/mol. The first kappa shape index (κ1) is 26.6. The van der Waals surface area contributed by atoms with E-state index in [4.69, 9.17) is 13.7 Å². The van der Waals surface area contributed by atoms with E-state index in [9.17, 15) is 0 Å². The summed E-state index contributed by atoms with van der Waals surface area (Å²) in [6.45, 7) is 21.7. The van der Waals surface area contributed by atoms with Crippen molar-refractivity contribution in [2.45, 2.75) is 117 Å². The fourth-order valence-electron chi connectivity index (χ4n) is 8.87. The molecule has 0 saturated heterocycles. The van der Waals surface area contributed by atoms with Crippen LogP contribution in [0.3, 0.4) is 0 Å². The Balaban J connectivity index is 1.71. The summed E-state index contributed by atoms with van der Waals surface area (Å²) in [6, 6.07) is 0. The molecule has 0 amide bonds. The maximum Gasteiger partial charge on any atom is 0.184 e. The Kier molecular flexibility index (Phi) is 7.16. The van der Waals surface area contributed by atoms with Gasteiger partial charge in [-0.15, -0.1) is 0 Å². The molecule has 0 heterocycles. The van der Waals surface area contributed by atoms with Crippen LogP contribution in [0, 0.1) is 34.5 Å². The van der Waals surface area contributed by atoms with Crippen LogP contribution in [0.15, 0.2) is 16.8 Å². The van der Waals surface area contributed by atoms with Gasteiger partial charge in [0.05, 0.1) is 5.71 Å². The van der Waals surface area contributed by atoms with Crippen LogP contribution < -0.4 is 0 Å².